The molecule has 2 saturated carbocycles. The van der Waals surface area contributed by atoms with E-state index in [9.17, 15) is 9.90 Å². The molecule has 0 radical (unpaired) electrons. The lowest BCUT2D eigenvalue weighted by atomic mass is 9.61. The third-order valence-electron chi connectivity index (χ3n) is 5.71. The van der Waals surface area contributed by atoms with E-state index in [4.69, 9.17) is 0 Å². The average Bonchev–Trinajstić information content (AvgIpc) is 2.49. The van der Waals surface area contributed by atoms with E-state index in [0.717, 1.165) is 57.9 Å². The van der Waals surface area contributed by atoms with Crippen LogP contribution in [-0.2, 0) is 4.79 Å². The van der Waals surface area contributed by atoms with Crippen molar-refractivity contribution >= 4 is 21.9 Å². The molecule has 2 rings (SSSR count). The van der Waals surface area contributed by atoms with E-state index < -0.39 is 11.4 Å². The zero-order valence-electron chi connectivity index (χ0n) is 13.2. The summed E-state index contributed by atoms with van der Waals surface area (Å²) in [4.78, 5) is 12.5. The molecule has 0 aromatic heterocycles. The topological polar surface area (TPSA) is 49.3 Å². The van der Waals surface area contributed by atoms with Gasteiger partial charge in [-0.1, -0.05) is 29.3 Å². The Hall–Kier alpha value is -0.0900. The number of aliphatic carboxylic acids is 1. The van der Waals surface area contributed by atoms with Crippen LogP contribution in [0.25, 0.3) is 0 Å². The molecule has 0 unspecified atom stereocenters. The molecule has 0 saturated heterocycles. The van der Waals surface area contributed by atoms with E-state index in [2.05, 4.69) is 28.2 Å². The number of alkyl halides is 1. The fourth-order valence-electron chi connectivity index (χ4n) is 4.23. The standard InChI is InChI=1S/C17H30BrNO2/c1-2-3-12-19-15-6-4-13(5-7-15)17(16(20)21)10-8-14(18)9-11-17/h13-15,19H,2-12H2,1H3,(H,20,21). The van der Waals surface area contributed by atoms with E-state index in [1.807, 2.05) is 0 Å². The van der Waals surface area contributed by atoms with Crippen molar-refractivity contribution in [3.63, 3.8) is 0 Å². The molecule has 0 atom stereocenters. The number of rotatable bonds is 6. The molecule has 0 spiro atoms. The summed E-state index contributed by atoms with van der Waals surface area (Å²) >= 11 is 3.65. The molecule has 0 aromatic carbocycles. The third-order valence-corrected chi connectivity index (χ3v) is 6.62. The number of nitrogens with one attached hydrogen (secondary N) is 1. The van der Waals surface area contributed by atoms with E-state index in [-0.39, 0.29) is 0 Å². The normalized spacial score (nSPS) is 37.3. The Kier molecular flexibility index (Phi) is 6.54. The van der Waals surface area contributed by atoms with Crippen LogP contribution < -0.4 is 5.32 Å². The van der Waals surface area contributed by atoms with Crippen LogP contribution in [0.3, 0.4) is 0 Å². The molecule has 0 heterocycles. The highest BCUT2D eigenvalue weighted by molar-refractivity contribution is 9.09. The van der Waals surface area contributed by atoms with Crippen molar-refractivity contribution in [1.82, 2.24) is 5.32 Å². The SMILES string of the molecule is CCCCNC1CCC(C2(C(=O)O)CCC(Br)CC2)CC1. The van der Waals surface area contributed by atoms with Gasteiger partial charge in [-0.05, 0) is 70.3 Å². The van der Waals surface area contributed by atoms with Crippen LogP contribution in [0.4, 0.5) is 0 Å². The van der Waals surface area contributed by atoms with Gasteiger partial charge in [-0.15, -0.1) is 0 Å². The van der Waals surface area contributed by atoms with Gasteiger partial charge in [0.25, 0.3) is 0 Å². The van der Waals surface area contributed by atoms with Crippen molar-refractivity contribution < 1.29 is 9.90 Å². The summed E-state index contributed by atoms with van der Waals surface area (Å²) in [6.07, 6.45) is 10.7. The molecule has 3 nitrogen and oxygen atoms in total. The van der Waals surface area contributed by atoms with Crippen LogP contribution in [0.1, 0.15) is 71.1 Å². The minimum atomic E-state index is -0.538. The second-order valence-corrected chi connectivity index (χ2v) is 8.29. The molecule has 4 heteroatoms. The first-order valence-corrected chi connectivity index (χ1v) is 9.61. The molecule has 21 heavy (non-hydrogen) atoms. The molecule has 2 N–H and O–H groups in total. The Morgan fingerprint density at radius 2 is 1.81 bits per heavy atom. The van der Waals surface area contributed by atoms with Gasteiger partial charge in [-0.25, -0.2) is 0 Å². The summed E-state index contributed by atoms with van der Waals surface area (Å²) in [7, 11) is 0. The molecule has 0 aliphatic heterocycles. The summed E-state index contributed by atoms with van der Waals surface area (Å²) in [5.74, 6) is -0.150. The van der Waals surface area contributed by atoms with Gasteiger partial charge in [-0.2, -0.15) is 0 Å². The number of hydrogen-bond donors (Lipinski definition) is 2. The molecule has 122 valence electrons. The first-order valence-electron chi connectivity index (χ1n) is 8.69. The first kappa shape index (κ1) is 17.3. The highest BCUT2D eigenvalue weighted by Gasteiger charge is 2.48. The molecule has 0 amide bonds. The van der Waals surface area contributed by atoms with E-state index in [1.165, 1.54) is 12.8 Å². The Morgan fingerprint density at radius 3 is 2.33 bits per heavy atom. The van der Waals surface area contributed by atoms with Crippen molar-refractivity contribution in [2.45, 2.75) is 82.0 Å². The molecule has 2 aliphatic carbocycles. The molecule has 0 aromatic rings. The first-order chi connectivity index (χ1) is 10.1. The lowest BCUT2D eigenvalue weighted by Gasteiger charge is -2.44. The van der Waals surface area contributed by atoms with Gasteiger partial charge in [0, 0.05) is 10.9 Å². The van der Waals surface area contributed by atoms with Gasteiger partial charge in [0.1, 0.15) is 0 Å². The zero-order valence-corrected chi connectivity index (χ0v) is 14.8. The van der Waals surface area contributed by atoms with Crippen LogP contribution in [0.2, 0.25) is 0 Å². The summed E-state index contributed by atoms with van der Waals surface area (Å²) < 4.78 is 0. The summed E-state index contributed by atoms with van der Waals surface area (Å²) in [5.41, 5.74) is -0.432. The van der Waals surface area contributed by atoms with E-state index in [1.54, 1.807) is 0 Å². The number of halogens is 1. The second-order valence-electron chi connectivity index (χ2n) is 6.99. The number of carbonyl (C=O) groups is 1. The lowest BCUT2D eigenvalue weighted by molar-refractivity contribution is -0.156. The molecule has 2 fully saturated rings. The number of carboxylic acid groups (broad SMARTS) is 1. The number of carboxylic acids is 1. The summed E-state index contributed by atoms with van der Waals surface area (Å²) in [5, 5.41) is 13.5. The van der Waals surface area contributed by atoms with Crippen LogP contribution in [0, 0.1) is 11.3 Å². The lowest BCUT2D eigenvalue weighted by Crippen LogP contribution is -2.45. The molecular weight excluding hydrogens is 330 g/mol. The van der Waals surface area contributed by atoms with Gasteiger partial charge in [0.05, 0.1) is 5.41 Å². The van der Waals surface area contributed by atoms with Crippen molar-refractivity contribution in [2.75, 3.05) is 6.54 Å². The Labute approximate surface area is 137 Å². The maximum absolute atomic E-state index is 11.9. The van der Waals surface area contributed by atoms with Crippen molar-refractivity contribution in [3.05, 3.63) is 0 Å². The van der Waals surface area contributed by atoms with Gasteiger partial charge in [0.15, 0.2) is 0 Å². The molecule has 0 bridgehead atoms. The van der Waals surface area contributed by atoms with Gasteiger partial charge < -0.3 is 10.4 Å². The second kappa shape index (κ2) is 7.96. The maximum atomic E-state index is 11.9. The molecule has 2 aliphatic rings. The largest absolute Gasteiger partial charge is 0.481 e. The van der Waals surface area contributed by atoms with Crippen LogP contribution >= 0.6 is 15.9 Å². The highest BCUT2D eigenvalue weighted by atomic mass is 79.9. The highest BCUT2D eigenvalue weighted by Crippen LogP contribution is 2.49. The van der Waals surface area contributed by atoms with Crippen LogP contribution in [0.5, 0.6) is 0 Å². The average molecular weight is 360 g/mol. The third kappa shape index (κ3) is 4.22. The van der Waals surface area contributed by atoms with Crippen molar-refractivity contribution in [2.24, 2.45) is 11.3 Å². The van der Waals surface area contributed by atoms with Gasteiger partial charge in [0.2, 0.25) is 0 Å². The zero-order chi connectivity index (χ0) is 15.3. The van der Waals surface area contributed by atoms with Crippen LogP contribution in [-0.4, -0.2) is 28.5 Å². The number of unbranched alkanes of at least 4 members (excludes halogenated alkanes) is 1. The van der Waals surface area contributed by atoms with E-state index >= 15 is 0 Å². The predicted molar refractivity (Wildman–Crippen MR) is 89.9 cm³/mol. The summed E-state index contributed by atoms with van der Waals surface area (Å²) in [6, 6.07) is 0.617. The quantitative estimate of drug-likeness (QED) is 0.547. The Bertz CT molecular complexity index is 332. The minimum absolute atomic E-state index is 0.388. The molecular formula is C17H30BrNO2. The Morgan fingerprint density at radius 1 is 1.19 bits per heavy atom. The maximum Gasteiger partial charge on any atom is 0.309 e. The van der Waals surface area contributed by atoms with E-state index in [0.29, 0.717) is 16.8 Å². The van der Waals surface area contributed by atoms with Crippen molar-refractivity contribution in [3.8, 4) is 0 Å². The summed E-state index contributed by atoms with van der Waals surface area (Å²) in [6.45, 7) is 3.33. The minimum Gasteiger partial charge on any atom is -0.481 e. The Balaban J connectivity index is 1.88. The monoisotopic (exact) mass is 359 g/mol. The van der Waals surface area contributed by atoms with Crippen molar-refractivity contribution in [1.29, 1.82) is 0 Å². The van der Waals surface area contributed by atoms with Gasteiger partial charge >= 0.3 is 5.97 Å². The number of hydrogen-bond acceptors (Lipinski definition) is 2. The predicted octanol–water partition coefficient (Wildman–Crippen LogP) is 4.34. The van der Waals surface area contributed by atoms with Crippen LogP contribution in [0.15, 0.2) is 0 Å². The smallest absolute Gasteiger partial charge is 0.309 e. The van der Waals surface area contributed by atoms with Gasteiger partial charge in [-0.3, -0.25) is 4.79 Å². The fourth-order valence-corrected chi connectivity index (χ4v) is 4.69. The fraction of sp³-hybridized carbons (Fsp3) is 0.941.